The molecule has 6 nitrogen and oxygen atoms in total. The molecule has 2 N–H and O–H groups in total. The molecule has 172 valence electrons. The molecular formula is C25H34IN5O. The monoisotopic (exact) mass is 547 g/mol. The second-order valence-corrected chi connectivity index (χ2v) is 7.55. The number of rotatable bonds is 10. The lowest BCUT2D eigenvalue weighted by atomic mass is 10.1. The Bertz CT molecular complexity index is 958. The van der Waals surface area contributed by atoms with Gasteiger partial charge in [0.2, 0.25) is 0 Å². The predicted octanol–water partition coefficient (Wildman–Crippen LogP) is 4.69. The summed E-state index contributed by atoms with van der Waals surface area (Å²) in [6, 6.07) is 18.9. The second-order valence-electron chi connectivity index (χ2n) is 7.55. The third-order valence-electron chi connectivity index (χ3n) is 5.20. The Morgan fingerprint density at radius 1 is 1.09 bits per heavy atom. The average molecular weight is 547 g/mol. The molecular weight excluding hydrogens is 513 g/mol. The van der Waals surface area contributed by atoms with Crippen molar-refractivity contribution >= 4 is 29.9 Å². The molecule has 0 aliphatic rings. The number of aliphatic imine (C=N–C) groups is 1. The van der Waals surface area contributed by atoms with Crippen LogP contribution in [0.1, 0.15) is 42.0 Å². The van der Waals surface area contributed by atoms with Crippen LogP contribution >= 0.6 is 24.0 Å². The van der Waals surface area contributed by atoms with E-state index in [1.165, 1.54) is 16.7 Å². The summed E-state index contributed by atoms with van der Waals surface area (Å²) in [7, 11) is 1.79. The van der Waals surface area contributed by atoms with Crippen molar-refractivity contribution in [3.05, 3.63) is 89.5 Å². The smallest absolute Gasteiger partial charge is 0.191 e. The SMILES string of the molecule is CN=C(NCCCOC(C)c1ccccc1)NCc1cccc(Cn2ccnc2C)c1.I. The van der Waals surface area contributed by atoms with Crippen molar-refractivity contribution in [2.24, 2.45) is 4.99 Å². The minimum Gasteiger partial charge on any atom is -0.374 e. The average Bonchev–Trinajstić information content (AvgIpc) is 3.20. The molecule has 0 saturated carbocycles. The predicted molar refractivity (Wildman–Crippen MR) is 142 cm³/mol. The summed E-state index contributed by atoms with van der Waals surface area (Å²) >= 11 is 0. The molecule has 0 bridgehead atoms. The normalized spacial score (nSPS) is 12.2. The van der Waals surface area contributed by atoms with Gasteiger partial charge in [0, 0.05) is 45.7 Å². The van der Waals surface area contributed by atoms with E-state index in [0.29, 0.717) is 6.61 Å². The van der Waals surface area contributed by atoms with Crippen LogP contribution in [0.15, 0.2) is 72.0 Å². The van der Waals surface area contributed by atoms with E-state index >= 15 is 0 Å². The maximum Gasteiger partial charge on any atom is 0.191 e. The van der Waals surface area contributed by atoms with E-state index in [-0.39, 0.29) is 30.1 Å². The number of benzene rings is 2. The van der Waals surface area contributed by atoms with Crippen LogP contribution in [0.25, 0.3) is 0 Å². The minimum absolute atomic E-state index is 0. The maximum atomic E-state index is 5.93. The van der Waals surface area contributed by atoms with Gasteiger partial charge in [-0.15, -0.1) is 24.0 Å². The number of ether oxygens (including phenoxy) is 1. The van der Waals surface area contributed by atoms with Crippen LogP contribution in [0.2, 0.25) is 0 Å². The first-order chi connectivity index (χ1) is 15.2. The van der Waals surface area contributed by atoms with Crippen molar-refractivity contribution in [3.63, 3.8) is 0 Å². The summed E-state index contributed by atoms with van der Waals surface area (Å²) in [5.74, 6) is 1.82. The highest BCUT2D eigenvalue weighted by Gasteiger charge is 2.05. The van der Waals surface area contributed by atoms with Gasteiger partial charge in [-0.1, -0.05) is 54.6 Å². The minimum atomic E-state index is 0. The number of hydrogen-bond acceptors (Lipinski definition) is 3. The fraction of sp³-hybridized carbons (Fsp3) is 0.360. The molecule has 0 radical (unpaired) electrons. The van der Waals surface area contributed by atoms with Gasteiger partial charge in [-0.25, -0.2) is 4.98 Å². The van der Waals surface area contributed by atoms with E-state index < -0.39 is 0 Å². The van der Waals surface area contributed by atoms with Crippen LogP contribution in [0.3, 0.4) is 0 Å². The second kappa shape index (κ2) is 13.9. The van der Waals surface area contributed by atoms with Gasteiger partial charge >= 0.3 is 0 Å². The molecule has 0 fully saturated rings. The van der Waals surface area contributed by atoms with Gasteiger partial charge in [0.15, 0.2) is 5.96 Å². The van der Waals surface area contributed by atoms with Crippen molar-refractivity contribution in [3.8, 4) is 0 Å². The van der Waals surface area contributed by atoms with E-state index in [2.05, 4.69) is 68.5 Å². The summed E-state index contributed by atoms with van der Waals surface area (Å²) in [6.45, 7) is 7.17. The zero-order chi connectivity index (χ0) is 21.9. The lowest BCUT2D eigenvalue weighted by Gasteiger charge is -2.15. The zero-order valence-corrected chi connectivity index (χ0v) is 21.5. The molecule has 3 rings (SSSR count). The number of aryl methyl sites for hydroxylation is 1. The van der Waals surface area contributed by atoms with E-state index in [9.17, 15) is 0 Å². The molecule has 0 amide bonds. The lowest BCUT2D eigenvalue weighted by molar-refractivity contribution is 0.0646. The molecule has 32 heavy (non-hydrogen) atoms. The molecule has 0 spiro atoms. The van der Waals surface area contributed by atoms with E-state index in [4.69, 9.17) is 4.74 Å². The van der Waals surface area contributed by atoms with Crippen LogP contribution in [0, 0.1) is 6.92 Å². The molecule has 7 heteroatoms. The fourth-order valence-electron chi connectivity index (χ4n) is 3.37. The van der Waals surface area contributed by atoms with E-state index in [1.807, 2.05) is 37.5 Å². The highest BCUT2D eigenvalue weighted by atomic mass is 127. The van der Waals surface area contributed by atoms with Gasteiger partial charge < -0.3 is 19.9 Å². The summed E-state index contributed by atoms with van der Waals surface area (Å²) in [5.41, 5.74) is 3.68. The molecule has 0 aliphatic heterocycles. The molecule has 0 aliphatic carbocycles. The highest BCUT2D eigenvalue weighted by Crippen LogP contribution is 2.15. The summed E-state index contributed by atoms with van der Waals surface area (Å²) in [4.78, 5) is 8.61. The van der Waals surface area contributed by atoms with Gasteiger partial charge in [0.25, 0.3) is 0 Å². The third kappa shape index (κ3) is 8.27. The van der Waals surface area contributed by atoms with Gasteiger partial charge in [-0.2, -0.15) is 0 Å². The third-order valence-corrected chi connectivity index (χ3v) is 5.20. The molecule has 1 atom stereocenters. The Labute approximate surface area is 208 Å². The van der Waals surface area contributed by atoms with Crippen molar-refractivity contribution in [1.29, 1.82) is 0 Å². The first-order valence-corrected chi connectivity index (χ1v) is 10.8. The molecule has 1 unspecified atom stereocenters. The number of hydrogen-bond donors (Lipinski definition) is 2. The number of nitrogens with zero attached hydrogens (tertiary/aromatic N) is 3. The van der Waals surface area contributed by atoms with Gasteiger partial charge in [0.1, 0.15) is 5.82 Å². The van der Waals surface area contributed by atoms with E-state index in [1.54, 1.807) is 7.05 Å². The van der Waals surface area contributed by atoms with Crippen molar-refractivity contribution in [1.82, 2.24) is 20.2 Å². The molecule has 1 heterocycles. The number of halogens is 1. The number of imidazole rings is 1. The highest BCUT2D eigenvalue weighted by molar-refractivity contribution is 14.0. The lowest BCUT2D eigenvalue weighted by Crippen LogP contribution is -2.37. The van der Waals surface area contributed by atoms with Crippen LogP contribution in [-0.2, 0) is 17.8 Å². The summed E-state index contributed by atoms with van der Waals surface area (Å²) in [5, 5.41) is 6.75. The fourth-order valence-corrected chi connectivity index (χ4v) is 3.37. The largest absolute Gasteiger partial charge is 0.374 e. The molecule has 0 saturated heterocycles. The van der Waals surface area contributed by atoms with Gasteiger partial charge in [-0.05, 0) is 37.0 Å². The van der Waals surface area contributed by atoms with Gasteiger partial charge in [0.05, 0.1) is 6.10 Å². The molecule has 1 aromatic heterocycles. The van der Waals surface area contributed by atoms with Crippen LogP contribution in [0.4, 0.5) is 0 Å². The Balaban J connectivity index is 0.00000363. The van der Waals surface area contributed by atoms with Crippen molar-refractivity contribution in [2.45, 2.75) is 39.5 Å². The quantitative estimate of drug-likeness (QED) is 0.167. The van der Waals surface area contributed by atoms with Gasteiger partial charge in [-0.3, -0.25) is 4.99 Å². The van der Waals surface area contributed by atoms with Crippen LogP contribution < -0.4 is 10.6 Å². The van der Waals surface area contributed by atoms with Crippen LogP contribution in [-0.4, -0.2) is 35.7 Å². The summed E-state index contributed by atoms with van der Waals surface area (Å²) < 4.78 is 8.08. The van der Waals surface area contributed by atoms with Crippen molar-refractivity contribution in [2.75, 3.05) is 20.2 Å². The Kier molecular flexibility index (Phi) is 11.2. The Morgan fingerprint density at radius 3 is 2.59 bits per heavy atom. The number of nitrogens with one attached hydrogen (secondary N) is 2. The topological polar surface area (TPSA) is 63.5 Å². The first kappa shape index (κ1) is 25.9. The number of guanidine groups is 1. The number of aromatic nitrogens is 2. The first-order valence-electron chi connectivity index (χ1n) is 10.8. The van der Waals surface area contributed by atoms with Crippen molar-refractivity contribution < 1.29 is 4.74 Å². The maximum absolute atomic E-state index is 5.93. The molecule has 2 aromatic carbocycles. The Morgan fingerprint density at radius 2 is 1.88 bits per heavy atom. The van der Waals surface area contributed by atoms with E-state index in [0.717, 1.165) is 37.8 Å². The zero-order valence-electron chi connectivity index (χ0n) is 19.1. The molecule has 3 aromatic rings. The Hall–Kier alpha value is -2.39. The standard InChI is InChI=1S/C25H33N5O.HI/c1-20(24-11-5-4-6-12-24)31-16-8-13-28-25(26-3)29-18-22-9-7-10-23(17-22)19-30-15-14-27-21(30)2;/h4-7,9-12,14-15,17,20H,8,13,16,18-19H2,1-3H3,(H2,26,28,29);1H. The van der Waals surface area contributed by atoms with Crippen LogP contribution in [0.5, 0.6) is 0 Å². The summed E-state index contributed by atoms with van der Waals surface area (Å²) in [6.07, 6.45) is 4.87.